The van der Waals surface area contributed by atoms with Crippen LogP contribution in [0.4, 0.5) is 0 Å². The van der Waals surface area contributed by atoms with Crippen LogP contribution in [0.2, 0.25) is 0 Å². The molecule has 1 aromatic carbocycles. The van der Waals surface area contributed by atoms with Gasteiger partial charge in [0.1, 0.15) is 10.8 Å². The average molecular weight is 263 g/mol. The minimum atomic E-state index is -0.440. The molecule has 0 aliphatic carbocycles. The third kappa shape index (κ3) is 2.22. The lowest BCUT2D eigenvalue weighted by atomic mass is 10.1. The summed E-state index contributed by atoms with van der Waals surface area (Å²) in [6.07, 6.45) is 0. The zero-order chi connectivity index (χ0) is 13.3. The van der Waals surface area contributed by atoms with Crippen LogP contribution in [0, 0.1) is 13.8 Å². The summed E-state index contributed by atoms with van der Waals surface area (Å²) in [7, 11) is 1.33. The molecule has 94 valence electrons. The van der Waals surface area contributed by atoms with Crippen molar-refractivity contribution in [2.45, 2.75) is 13.8 Å². The van der Waals surface area contributed by atoms with E-state index in [-0.39, 0.29) is 0 Å². The third-order valence-electron chi connectivity index (χ3n) is 2.64. The van der Waals surface area contributed by atoms with Crippen LogP contribution in [-0.2, 0) is 4.74 Å². The van der Waals surface area contributed by atoms with Gasteiger partial charge in [0.15, 0.2) is 5.69 Å². The summed E-state index contributed by atoms with van der Waals surface area (Å²) in [6.45, 7) is 3.67. The molecule has 0 unspecified atom stereocenters. The van der Waals surface area contributed by atoms with Crippen molar-refractivity contribution in [3.63, 3.8) is 0 Å². The van der Waals surface area contributed by atoms with Gasteiger partial charge in [0.25, 0.3) is 0 Å². The number of aryl methyl sites for hydroxylation is 2. The Hall–Kier alpha value is -1.88. The van der Waals surface area contributed by atoms with Crippen LogP contribution in [0.25, 0.3) is 10.6 Å². The Labute approximate surface area is 109 Å². The third-order valence-corrected chi connectivity index (χ3v) is 3.53. The monoisotopic (exact) mass is 263 g/mol. The minimum Gasteiger partial charge on any atom is -0.507 e. The van der Waals surface area contributed by atoms with Crippen molar-refractivity contribution < 1.29 is 14.6 Å². The molecule has 2 aromatic rings. The van der Waals surface area contributed by atoms with Crippen molar-refractivity contribution in [2.24, 2.45) is 0 Å². The van der Waals surface area contributed by atoms with Crippen molar-refractivity contribution in [2.75, 3.05) is 7.11 Å². The van der Waals surface area contributed by atoms with Crippen molar-refractivity contribution in [3.05, 3.63) is 34.3 Å². The van der Waals surface area contributed by atoms with Gasteiger partial charge in [-0.25, -0.2) is 9.78 Å². The van der Waals surface area contributed by atoms with Gasteiger partial charge in [0.05, 0.1) is 7.11 Å². The number of hydrogen-bond acceptors (Lipinski definition) is 5. The maximum absolute atomic E-state index is 11.3. The molecule has 5 heteroatoms. The molecule has 1 heterocycles. The Morgan fingerprint density at radius 2 is 1.94 bits per heavy atom. The van der Waals surface area contributed by atoms with Gasteiger partial charge in [-0.1, -0.05) is 0 Å². The lowest BCUT2D eigenvalue weighted by Gasteiger charge is -2.05. The fourth-order valence-corrected chi connectivity index (χ4v) is 2.46. The SMILES string of the molecule is COC(=O)c1csc(-c2cc(C)c(O)c(C)c2)n1. The highest BCUT2D eigenvalue weighted by Crippen LogP contribution is 2.30. The molecule has 0 spiro atoms. The van der Waals surface area contributed by atoms with Gasteiger partial charge < -0.3 is 9.84 Å². The number of carbonyl (C=O) groups excluding carboxylic acids is 1. The number of ether oxygens (including phenoxy) is 1. The predicted octanol–water partition coefficient (Wildman–Crippen LogP) is 2.92. The molecule has 0 radical (unpaired) electrons. The van der Waals surface area contributed by atoms with Gasteiger partial charge >= 0.3 is 5.97 Å². The first-order valence-electron chi connectivity index (χ1n) is 5.37. The Balaban J connectivity index is 2.43. The summed E-state index contributed by atoms with van der Waals surface area (Å²) >= 11 is 1.38. The van der Waals surface area contributed by atoms with Gasteiger partial charge in [0, 0.05) is 10.9 Å². The molecule has 18 heavy (non-hydrogen) atoms. The largest absolute Gasteiger partial charge is 0.507 e. The topological polar surface area (TPSA) is 59.4 Å². The zero-order valence-electron chi connectivity index (χ0n) is 10.4. The van der Waals surface area contributed by atoms with Crippen LogP contribution in [0.5, 0.6) is 5.75 Å². The highest BCUT2D eigenvalue weighted by Gasteiger charge is 2.13. The lowest BCUT2D eigenvalue weighted by molar-refractivity contribution is 0.0595. The van der Waals surface area contributed by atoms with Gasteiger partial charge in [-0.15, -0.1) is 11.3 Å². The van der Waals surface area contributed by atoms with E-state index in [9.17, 15) is 9.90 Å². The molecule has 0 saturated heterocycles. The molecule has 0 aliphatic heterocycles. The van der Waals surface area contributed by atoms with Gasteiger partial charge in [-0.3, -0.25) is 0 Å². The van der Waals surface area contributed by atoms with Gasteiger partial charge in [-0.2, -0.15) is 0 Å². The number of carbonyl (C=O) groups is 1. The summed E-state index contributed by atoms with van der Waals surface area (Å²) in [5.41, 5.74) is 2.78. The quantitative estimate of drug-likeness (QED) is 0.846. The fourth-order valence-electron chi connectivity index (χ4n) is 1.68. The van der Waals surface area contributed by atoms with Gasteiger partial charge in [-0.05, 0) is 37.1 Å². The smallest absolute Gasteiger partial charge is 0.357 e. The number of phenolic OH excluding ortho intramolecular Hbond substituents is 1. The second kappa shape index (κ2) is 4.78. The number of esters is 1. The van der Waals surface area contributed by atoms with Crippen LogP contribution in [0.3, 0.4) is 0 Å². The van der Waals surface area contributed by atoms with Crippen molar-refractivity contribution in [1.29, 1.82) is 0 Å². The molecule has 0 aliphatic rings. The Kier molecular flexibility index (Phi) is 3.34. The normalized spacial score (nSPS) is 10.4. The molecule has 0 bridgehead atoms. The van der Waals surface area contributed by atoms with Crippen molar-refractivity contribution in [1.82, 2.24) is 4.98 Å². The Morgan fingerprint density at radius 1 is 1.33 bits per heavy atom. The van der Waals surface area contributed by atoms with E-state index in [1.165, 1.54) is 18.4 Å². The molecule has 1 aromatic heterocycles. The lowest BCUT2D eigenvalue weighted by Crippen LogP contribution is -2.00. The molecule has 0 atom stereocenters. The molecule has 0 fully saturated rings. The number of aromatic nitrogens is 1. The number of hydrogen-bond donors (Lipinski definition) is 1. The fraction of sp³-hybridized carbons (Fsp3) is 0.231. The number of aromatic hydroxyl groups is 1. The highest BCUT2D eigenvalue weighted by molar-refractivity contribution is 7.13. The van der Waals surface area contributed by atoms with Crippen LogP contribution >= 0.6 is 11.3 Å². The number of benzene rings is 1. The van der Waals surface area contributed by atoms with Crippen molar-refractivity contribution >= 4 is 17.3 Å². The first-order valence-corrected chi connectivity index (χ1v) is 6.25. The number of rotatable bonds is 2. The first-order chi connectivity index (χ1) is 8.52. The van der Waals surface area contributed by atoms with Gasteiger partial charge in [0.2, 0.25) is 0 Å². The van der Waals surface area contributed by atoms with E-state index < -0.39 is 5.97 Å². The zero-order valence-corrected chi connectivity index (χ0v) is 11.2. The van der Waals surface area contributed by atoms with Crippen LogP contribution < -0.4 is 0 Å². The van der Waals surface area contributed by atoms with E-state index in [0.717, 1.165) is 21.7 Å². The number of thiazole rings is 1. The van der Waals surface area contributed by atoms with Crippen LogP contribution in [-0.4, -0.2) is 23.2 Å². The summed E-state index contributed by atoms with van der Waals surface area (Å²) < 4.78 is 4.62. The number of nitrogens with zero attached hydrogens (tertiary/aromatic N) is 1. The molecule has 0 amide bonds. The first kappa shape index (κ1) is 12.6. The highest BCUT2D eigenvalue weighted by atomic mass is 32.1. The minimum absolute atomic E-state index is 0.295. The van der Waals surface area contributed by atoms with E-state index >= 15 is 0 Å². The molecular weight excluding hydrogens is 250 g/mol. The van der Waals surface area contributed by atoms with E-state index in [1.54, 1.807) is 5.38 Å². The Bertz CT molecular complexity index is 581. The molecule has 0 saturated carbocycles. The molecule has 4 nitrogen and oxygen atoms in total. The molecular formula is C13H13NO3S. The van der Waals surface area contributed by atoms with E-state index in [1.807, 2.05) is 26.0 Å². The second-order valence-electron chi connectivity index (χ2n) is 3.99. The summed E-state index contributed by atoms with van der Waals surface area (Å²) in [6, 6.07) is 3.70. The summed E-state index contributed by atoms with van der Waals surface area (Å²) in [4.78, 5) is 15.6. The average Bonchev–Trinajstić information content (AvgIpc) is 2.84. The molecule has 2 rings (SSSR count). The van der Waals surface area contributed by atoms with Crippen LogP contribution in [0.15, 0.2) is 17.5 Å². The Morgan fingerprint density at radius 3 is 2.50 bits per heavy atom. The summed E-state index contributed by atoms with van der Waals surface area (Å²) in [5, 5.41) is 12.1. The standard InChI is InChI=1S/C13H13NO3S/c1-7-4-9(5-8(2)11(7)15)12-14-10(6-18-12)13(16)17-3/h4-6,15H,1-3H3. The maximum atomic E-state index is 11.3. The van der Waals surface area contributed by atoms with Crippen LogP contribution in [0.1, 0.15) is 21.6 Å². The summed E-state index contributed by atoms with van der Waals surface area (Å²) in [5.74, 6) is -0.145. The van der Waals surface area contributed by atoms with E-state index in [0.29, 0.717) is 11.4 Å². The van der Waals surface area contributed by atoms with E-state index in [4.69, 9.17) is 0 Å². The number of phenols is 1. The second-order valence-corrected chi connectivity index (χ2v) is 4.85. The number of methoxy groups -OCH3 is 1. The maximum Gasteiger partial charge on any atom is 0.357 e. The van der Waals surface area contributed by atoms with E-state index in [2.05, 4.69) is 9.72 Å². The van der Waals surface area contributed by atoms with Crippen molar-refractivity contribution in [3.8, 4) is 16.3 Å². The predicted molar refractivity (Wildman–Crippen MR) is 70.0 cm³/mol. The molecule has 1 N–H and O–H groups in total.